The van der Waals surface area contributed by atoms with Crippen molar-refractivity contribution in [1.82, 2.24) is 4.90 Å². The van der Waals surface area contributed by atoms with Crippen LogP contribution in [0, 0.1) is 11.8 Å². The van der Waals surface area contributed by atoms with E-state index in [9.17, 15) is 9.59 Å². The van der Waals surface area contributed by atoms with Crippen LogP contribution in [0.1, 0.15) is 57.4 Å². The summed E-state index contributed by atoms with van der Waals surface area (Å²) in [7, 11) is 0. The molecule has 1 saturated heterocycles. The van der Waals surface area contributed by atoms with Crippen LogP contribution in [-0.4, -0.2) is 55.1 Å². The largest absolute Gasteiger partial charge is 0.449 e. The number of carbonyl (C=O) groups is 2. The van der Waals surface area contributed by atoms with Gasteiger partial charge in [0.25, 0.3) is 5.91 Å². The van der Waals surface area contributed by atoms with Crippen molar-refractivity contribution in [1.29, 1.82) is 0 Å². The summed E-state index contributed by atoms with van der Waals surface area (Å²) in [5.74, 6) is -0.339. The Morgan fingerprint density at radius 2 is 1.79 bits per heavy atom. The van der Waals surface area contributed by atoms with Crippen LogP contribution in [0.15, 0.2) is 36.4 Å². The van der Waals surface area contributed by atoms with Crippen LogP contribution >= 0.6 is 0 Å². The minimum absolute atomic E-state index is 0.151. The van der Waals surface area contributed by atoms with Gasteiger partial charge in [0, 0.05) is 31.9 Å². The molecular formula is C27H39N3O3. The molecule has 1 heterocycles. The van der Waals surface area contributed by atoms with Crippen molar-refractivity contribution in [2.24, 2.45) is 17.6 Å². The van der Waals surface area contributed by atoms with Crippen molar-refractivity contribution >= 4 is 17.6 Å². The number of benzene rings is 1. The highest BCUT2D eigenvalue weighted by molar-refractivity contribution is 5.87. The van der Waals surface area contributed by atoms with E-state index in [2.05, 4.69) is 41.0 Å². The van der Waals surface area contributed by atoms with E-state index in [-0.39, 0.29) is 11.9 Å². The SMILES string of the molecule is CCc1cccc(N2CCN(CCC3CCC(OC(=O)C4CC=CC4)(C(N)=O)CC3)CC2)c1. The Morgan fingerprint density at radius 3 is 2.42 bits per heavy atom. The maximum atomic E-state index is 12.5. The van der Waals surface area contributed by atoms with Gasteiger partial charge in [-0.2, -0.15) is 0 Å². The zero-order chi connectivity index (χ0) is 23.3. The molecule has 6 nitrogen and oxygen atoms in total. The quantitative estimate of drug-likeness (QED) is 0.480. The number of esters is 1. The zero-order valence-corrected chi connectivity index (χ0v) is 20.0. The number of allylic oxidation sites excluding steroid dienone is 2. The average molecular weight is 454 g/mol. The molecule has 180 valence electrons. The normalized spacial score (nSPS) is 26.5. The monoisotopic (exact) mass is 453 g/mol. The fourth-order valence-corrected chi connectivity index (χ4v) is 5.48. The lowest BCUT2D eigenvalue weighted by atomic mass is 9.77. The number of ether oxygens (including phenoxy) is 1. The molecule has 2 N–H and O–H groups in total. The summed E-state index contributed by atoms with van der Waals surface area (Å²) in [5, 5.41) is 0. The minimum atomic E-state index is -1.10. The van der Waals surface area contributed by atoms with Crippen LogP contribution in [0.2, 0.25) is 0 Å². The molecule has 0 atom stereocenters. The van der Waals surface area contributed by atoms with Crippen LogP contribution in [0.4, 0.5) is 5.69 Å². The maximum Gasteiger partial charge on any atom is 0.310 e. The van der Waals surface area contributed by atoms with Crippen molar-refractivity contribution in [2.45, 2.75) is 63.9 Å². The van der Waals surface area contributed by atoms with Crippen LogP contribution in [0.5, 0.6) is 0 Å². The molecule has 6 heteroatoms. The van der Waals surface area contributed by atoms with E-state index in [1.165, 1.54) is 11.3 Å². The summed E-state index contributed by atoms with van der Waals surface area (Å²) < 4.78 is 5.77. The number of carbonyl (C=O) groups excluding carboxylic acids is 2. The van der Waals surface area contributed by atoms with Crippen LogP contribution < -0.4 is 10.6 Å². The second-order valence-corrected chi connectivity index (χ2v) is 10.0. The highest BCUT2D eigenvalue weighted by atomic mass is 16.6. The predicted molar refractivity (Wildman–Crippen MR) is 131 cm³/mol. The van der Waals surface area contributed by atoms with E-state index in [1.54, 1.807) is 0 Å². The maximum absolute atomic E-state index is 12.5. The van der Waals surface area contributed by atoms with E-state index in [4.69, 9.17) is 10.5 Å². The van der Waals surface area contributed by atoms with E-state index in [1.807, 2.05) is 12.2 Å². The number of hydrogen-bond acceptors (Lipinski definition) is 5. The van der Waals surface area contributed by atoms with Gasteiger partial charge in [0.15, 0.2) is 5.60 Å². The first kappa shape index (κ1) is 23.8. The van der Waals surface area contributed by atoms with Gasteiger partial charge in [0.2, 0.25) is 0 Å². The minimum Gasteiger partial charge on any atom is -0.449 e. The molecule has 2 aliphatic carbocycles. The van der Waals surface area contributed by atoms with Gasteiger partial charge in [-0.15, -0.1) is 0 Å². The Labute approximate surface area is 198 Å². The number of primary amides is 1. The van der Waals surface area contributed by atoms with Gasteiger partial charge in [-0.3, -0.25) is 14.5 Å². The highest BCUT2D eigenvalue weighted by Crippen LogP contribution is 2.38. The Kier molecular flexibility index (Phi) is 7.74. The van der Waals surface area contributed by atoms with E-state index in [0.717, 1.165) is 58.4 Å². The molecule has 1 aromatic carbocycles. The number of hydrogen-bond donors (Lipinski definition) is 1. The van der Waals surface area contributed by atoms with E-state index < -0.39 is 11.5 Å². The van der Waals surface area contributed by atoms with Crippen molar-refractivity contribution in [3.8, 4) is 0 Å². The zero-order valence-electron chi connectivity index (χ0n) is 20.0. The summed E-state index contributed by atoms with van der Waals surface area (Å²) in [6, 6.07) is 8.90. The van der Waals surface area contributed by atoms with Crippen molar-refractivity contribution in [2.75, 3.05) is 37.6 Å². The molecule has 0 aromatic heterocycles. The number of nitrogens with two attached hydrogens (primary N) is 1. The molecule has 4 rings (SSSR count). The Hall–Kier alpha value is -2.34. The molecule has 0 spiro atoms. The van der Waals surface area contributed by atoms with Gasteiger partial charge >= 0.3 is 5.97 Å². The van der Waals surface area contributed by atoms with E-state index in [0.29, 0.717) is 31.6 Å². The number of nitrogens with zero attached hydrogens (tertiary/aromatic N) is 2. The van der Waals surface area contributed by atoms with Crippen LogP contribution in [0.3, 0.4) is 0 Å². The fraction of sp³-hybridized carbons (Fsp3) is 0.630. The lowest BCUT2D eigenvalue weighted by molar-refractivity contribution is -0.175. The fourth-order valence-electron chi connectivity index (χ4n) is 5.48. The van der Waals surface area contributed by atoms with Gasteiger partial charge < -0.3 is 15.4 Å². The molecule has 33 heavy (non-hydrogen) atoms. The number of amides is 1. The molecule has 1 aliphatic heterocycles. The van der Waals surface area contributed by atoms with Crippen LogP contribution in [-0.2, 0) is 20.7 Å². The van der Waals surface area contributed by atoms with Gasteiger partial charge in [-0.25, -0.2) is 0 Å². The molecule has 0 bridgehead atoms. The molecule has 0 unspecified atom stereocenters. The van der Waals surface area contributed by atoms with Crippen molar-refractivity contribution in [3.63, 3.8) is 0 Å². The van der Waals surface area contributed by atoms with Gasteiger partial charge in [0.05, 0.1) is 5.92 Å². The first-order chi connectivity index (χ1) is 16.0. The second-order valence-electron chi connectivity index (χ2n) is 10.0. The standard InChI is InChI=1S/C27H39N3O3/c1-2-21-6-5-9-24(20-21)30-18-16-29(17-19-30)15-12-22-10-13-27(14-11-22,26(28)32)33-25(31)23-7-3-4-8-23/h3-6,9,20,22-23H,2,7-8,10-19H2,1H3,(H2,28,32). The van der Waals surface area contributed by atoms with Gasteiger partial charge in [-0.05, 0) is 81.5 Å². The summed E-state index contributed by atoms with van der Waals surface area (Å²) >= 11 is 0. The molecular weight excluding hydrogens is 414 g/mol. The second kappa shape index (κ2) is 10.7. The molecule has 0 radical (unpaired) electrons. The summed E-state index contributed by atoms with van der Waals surface area (Å²) in [6.07, 6.45) is 10.5. The molecule has 2 fully saturated rings. The summed E-state index contributed by atoms with van der Waals surface area (Å²) in [4.78, 5) is 29.8. The average Bonchev–Trinajstić information content (AvgIpc) is 3.39. The first-order valence-corrected chi connectivity index (χ1v) is 12.7. The number of aryl methyl sites for hydroxylation is 1. The molecule has 1 saturated carbocycles. The molecule has 3 aliphatic rings. The number of piperazine rings is 1. The lowest BCUT2D eigenvalue weighted by Crippen LogP contribution is -2.51. The van der Waals surface area contributed by atoms with Crippen LogP contribution in [0.25, 0.3) is 0 Å². The summed E-state index contributed by atoms with van der Waals surface area (Å²) in [6.45, 7) is 7.59. The molecule has 1 amide bonds. The molecule has 1 aromatic rings. The van der Waals surface area contributed by atoms with Crippen molar-refractivity contribution in [3.05, 3.63) is 42.0 Å². The third kappa shape index (κ3) is 5.78. The Morgan fingerprint density at radius 1 is 1.09 bits per heavy atom. The lowest BCUT2D eigenvalue weighted by Gasteiger charge is -2.39. The van der Waals surface area contributed by atoms with Gasteiger partial charge in [0.1, 0.15) is 0 Å². The number of anilines is 1. The van der Waals surface area contributed by atoms with Gasteiger partial charge in [-0.1, -0.05) is 31.2 Å². The first-order valence-electron chi connectivity index (χ1n) is 12.7. The Balaban J connectivity index is 1.20. The topological polar surface area (TPSA) is 75.9 Å². The summed E-state index contributed by atoms with van der Waals surface area (Å²) in [5.41, 5.74) is 7.35. The van der Waals surface area contributed by atoms with E-state index >= 15 is 0 Å². The third-order valence-corrected chi connectivity index (χ3v) is 7.91. The Bertz CT molecular complexity index is 844. The predicted octanol–water partition coefficient (Wildman–Crippen LogP) is 3.68. The smallest absolute Gasteiger partial charge is 0.310 e. The van der Waals surface area contributed by atoms with Crippen molar-refractivity contribution < 1.29 is 14.3 Å². The third-order valence-electron chi connectivity index (χ3n) is 7.91. The highest BCUT2D eigenvalue weighted by Gasteiger charge is 2.45. The number of rotatable bonds is 8.